The molecular weight excluding hydrogens is 146 g/mol. The van der Waals surface area contributed by atoms with E-state index in [1.54, 1.807) is 0 Å². The lowest BCUT2D eigenvalue weighted by atomic mass is 9.78. The predicted molar refractivity (Wildman–Crippen MR) is 52.1 cm³/mol. The zero-order chi connectivity index (χ0) is 8.39. The van der Waals surface area contributed by atoms with Crippen molar-refractivity contribution in [3.8, 4) is 0 Å². The van der Waals surface area contributed by atoms with E-state index in [0.717, 1.165) is 17.9 Å². The average molecular weight is 167 g/mol. The molecule has 2 fully saturated rings. The lowest BCUT2D eigenvalue weighted by Gasteiger charge is -2.34. The van der Waals surface area contributed by atoms with E-state index in [4.69, 9.17) is 0 Å². The highest BCUT2D eigenvalue weighted by Gasteiger charge is 2.24. The molecule has 0 amide bonds. The number of hydrogen-bond donors (Lipinski definition) is 1. The topological polar surface area (TPSA) is 12.0 Å². The van der Waals surface area contributed by atoms with Gasteiger partial charge in [0.05, 0.1) is 0 Å². The first-order valence-electron chi connectivity index (χ1n) is 5.58. The molecule has 70 valence electrons. The second kappa shape index (κ2) is 3.78. The summed E-state index contributed by atoms with van der Waals surface area (Å²) >= 11 is 0. The normalized spacial score (nSPS) is 37.8. The molecule has 0 aromatic rings. The first-order valence-corrected chi connectivity index (χ1v) is 5.58. The maximum Gasteiger partial charge on any atom is 0.00722 e. The molecule has 1 aliphatic carbocycles. The van der Waals surface area contributed by atoms with Crippen LogP contribution in [0.25, 0.3) is 0 Å². The molecule has 1 N–H and O–H groups in total. The van der Waals surface area contributed by atoms with Crippen molar-refractivity contribution in [2.75, 3.05) is 6.54 Å². The van der Waals surface area contributed by atoms with Gasteiger partial charge >= 0.3 is 0 Å². The third-order valence-electron chi connectivity index (χ3n) is 3.60. The zero-order valence-corrected chi connectivity index (χ0v) is 8.18. The minimum absolute atomic E-state index is 0.860. The largest absolute Gasteiger partial charge is 0.314 e. The summed E-state index contributed by atoms with van der Waals surface area (Å²) in [6.45, 7) is 3.66. The first-order chi connectivity index (χ1) is 5.84. The van der Waals surface area contributed by atoms with Gasteiger partial charge in [0.25, 0.3) is 0 Å². The maximum atomic E-state index is 3.65. The fraction of sp³-hybridized carbons (Fsp3) is 1.00. The lowest BCUT2D eigenvalue weighted by Crippen LogP contribution is -2.39. The summed E-state index contributed by atoms with van der Waals surface area (Å²) in [6.07, 6.45) is 8.79. The van der Waals surface area contributed by atoms with E-state index < -0.39 is 0 Å². The van der Waals surface area contributed by atoms with Gasteiger partial charge in [0.2, 0.25) is 0 Å². The Morgan fingerprint density at radius 2 is 2.08 bits per heavy atom. The van der Waals surface area contributed by atoms with Gasteiger partial charge in [0.15, 0.2) is 0 Å². The van der Waals surface area contributed by atoms with Crippen LogP contribution in [0.3, 0.4) is 0 Å². The highest BCUT2D eigenvalue weighted by atomic mass is 14.9. The molecule has 2 aliphatic rings. The van der Waals surface area contributed by atoms with Gasteiger partial charge in [-0.15, -0.1) is 0 Å². The molecule has 1 nitrogen and oxygen atoms in total. The Labute approximate surface area is 75.9 Å². The SMILES string of the molecule is CC1CCNC(CC2CCC2)C1. The van der Waals surface area contributed by atoms with Gasteiger partial charge in [-0.05, 0) is 37.6 Å². The van der Waals surface area contributed by atoms with E-state index in [9.17, 15) is 0 Å². The summed E-state index contributed by atoms with van der Waals surface area (Å²) in [7, 11) is 0. The third-order valence-corrected chi connectivity index (χ3v) is 3.60. The van der Waals surface area contributed by atoms with Crippen molar-refractivity contribution in [1.82, 2.24) is 5.32 Å². The maximum absolute atomic E-state index is 3.65. The van der Waals surface area contributed by atoms with Crippen LogP contribution in [0.4, 0.5) is 0 Å². The van der Waals surface area contributed by atoms with Crippen LogP contribution in [-0.2, 0) is 0 Å². The Hall–Kier alpha value is -0.0400. The van der Waals surface area contributed by atoms with Crippen LogP contribution in [0.1, 0.15) is 45.4 Å². The van der Waals surface area contributed by atoms with Crippen molar-refractivity contribution < 1.29 is 0 Å². The molecule has 2 unspecified atom stereocenters. The molecule has 1 heterocycles. The lowest BCUT2D eigenvalue weighted by molar-refractivity contribution is 0.219. The minimum Gasteiger partial charge on any atom is -0.314 e. The van der Waals surface area contributed by atoms with Crippen molar-refractivity contribution in [1.29, 1.82) is 0 Å². The molecule has 2 atom stereocenters. The molecule has 2 rings (SSSR count). The van der Waals surface area contributed by atoms with E-state index in [0.29, 0.717) is 0 Å². The Morgan fingerprint density at radius 3 is 2.67 bits per heavy atom. The van der Waals surface area contributed by atoms with Crippen molar-refractivity contribution in [2.24, 2.45) is 11.8 Å². The molecule has 0 aromatic carbocycles. The van der Waals surface area contributed by atoms with Crippen LogP contribution < -0.4 is 5.32 Å². The summed E-state index contributed by atoms with van der Waals surface area (Å²) in [5.41, 5.74) is 0. The number of piperidine rings is 1. The van der Waals surface area contributed by atoms with Gasteiger partial charge < -0.3 is 5.32 Å². The van der Waals surface area contributed by atoms with E-state index in [-0.39, 0.29) is 0 Å². The van der Waals surface area contributed by atoms with Gasteiger partial charge in [0, 0.05) is 6.04 Å². The number of rotatable bonds is 2. The summed E-state index contributed by atoms with van der Waals surface area (Å²) in [4.78, 5) is 0. The van der Waals surface area contributed by atoms with Crippen molar-refractivity contribution in [3.05, 3.63) is 0 Å². The Kier molecular flexibility index (Phi) is 2.69. The molecule has 12 heavy (non-hydrogen) atoms. The van der Waals surface area contributed by atoms with Gasteiger partial charge in [0.1, 0.15) is 0 Å². The summed E-state index contributed by atoms with van der Waals surface area (Å²) < 4.78 is 0. The molecule has 0 spiro atoms. The van der Waals surface area contributed by atoms with Crippen LogP contribution in [0.15, 0.2) is 0 Å². The van der Waals surface area contributed by atoms with Gasteiger partial charge in [-0.2, -0.15) is 0 Å². The van der Waals surface area contributed by atoms with Crippen LogP contribution in [0.2, 0.25) is 0 Å². The highest BCUT2D eigenvalue weighted by molar-refractivity contribution is 4.81. The minimum atomic E-state index is 0.860. The van der Waals surface area contributed by atoms with Gasteiger partial charge in [-0.25, -0.2) is 0 Å². The molecule has 0 bridgehead atoms. The van der Waals surface area contributed by atoms with Crippen LogP contribution in [0.5, 0.6) is 0 Å². The Morgan fingerprint density at radius 1 is 1.25 bits per heavy atom. The average Bonchev–Trinajstić information content (AvgIpc) is 1.97. The standard InChI is InChI=1S/C11H21N/c1-9-5-6-12-11(7-9)8-10-3-2-4-10/h9-12H,2-8H2,1H3. The first kappa shape index (κ1) is 8.55. The second-order valence-electron chi connectivity index (χ2n) is 4.81. The number of nitrogens with one attached hydrogen (secondary N) is 1. The van der Waals surface area contributed by atoms with Crippen molar-refractivity contribution in [3.63, 3.8) is 0 Å². The molecule has 1 saturated heterocycles. The van der Waals surface area contributed by atoms with Crippen molar-refractivity contribution >= 4 is 0 Å². The number of hydrogen-bond acceptors (Lipinski definition) is 1. The van der Waals surface area contributed by atoms with Gasteiger partial charge in [-0.1, -0.05) is 26.2 Å². The molecule has 0 radical (unpaired) electrons. The van der Waals surface area contributed by atoms with Crippen LogP contribution in [0, 0.1) is 11.8 Å². The fourth-order valence-corrected chi connectivity index (χ4v) is 2.53. The molecular formula is C11H21N. The molecule has 1 heteroatoms. The van der Waals surface area contributed by atoms with E-state index in [2.05, 4.69) is 12.2 Å². The Bertz CT molecular complexity index is 140. The fourth-order valence-electron chi connectivity index (χ4n) is 2.53. The summed E-state index contributed by atoms with van der Waals surface area (Å²) in [5, 5.41) is 3.65. The zero-order valence-electron chi connectivity index (χ0n) is 8.18. The van der Waals surface area contributed by atoms with Gasteiger partial charge in [-0.3, -0.25) is 0 Å². The molecule has 1 aliphatic heterocycles. The Balaban J connectivity index is 1.71. The van der Waals surface area contributed by atoms with E-state index in [1.165, 1.54) is 45.1 Å². The van der Waals surface area contributed by atoms with E-state index >= 15 is 0 Å². The van der Waals surface area contributed by atoms with Crippen LogP contribution >= 0.6 is 0 Å². The van der Waals surface area contributed by atoms with Crippen LogP contribution in [-0.4, -0.2) is 12.6 Å². The van der Waals surface area contributed by atoms with Crippen molar-refractivity contribution in [2.45, 2.75) is 51.5 Å². The smallest absolute Gasteiger partial charge is 0.00722 e. The molecule has 0 aromatic heterocycles. The summed E-state index contributed by atoms with van der Waals surface area (Å²) in [5.74, 6) is 2.05. The monoisotopic (exact) mass is 167 g/mol. The highest BCUT2D eigenvalue weighted by Crippen LogP contribution is 2.32. The summed E-state index contributed by atoms with van der Waals surface area (Å²) in [6, 6.07) is 0.860. The second-order valence-corrected chi connectivity index (χ2v) is 4.81. The predicted octanol–water partition coefficient (Wildman–Crippen LogP) is 2.56. The van der Waals surface area contributed by atoms with E-state index in [1.807, 2.05) is 0 Å². The third kappa shape index (κ3) is 2.01. The molecule has 1 saturated carbocycles. The quantitative estimate of drug-likeness (QED) is 0.666.